The maximum absolute atomic E-state index is 11.7. The van der Waals surface area contributed by atoms with Gasteiger partial charge in [-0.25, -0.2) is 4.79 Å². The van der Waals surface area contributed by atoms with Gasteiger partial charge in [-0.1, -0.05) is 5.16 Å². The number of nitrogens with one attached hydrogen (secondary N) is 2. The first-order valence-corrected chi connectivity index (χ1v) is 6.22. The third-order valence-corrected chi connectivity index (χ3v) is 2.89. The minimum absolute atomic E-state index is 0.183. The molecule has 0 fully saturated rings. The van der Waals surface area contributed by atoms with E-state index in [-0.39, 0.29) is 6.61 Å². The fourth-order valence-corrected chi connectivity index (χ4v) is 1.77. The zero-order chi connectivity index (χ0) is 15.4. The number of ether oxygens (including phenoxy) is 2. The van der Waals surface area contributed by atoms with E-state index in [4.69, 9.17) is 14.7 Å². The molecule has 2 rings (SSSR count). The Hall–Kier alpha value is -2.77. The second kappa shape index (κ2) is 6.12. The zero-order valence-electron chi connectivity index (χ0n) is 11.5. The molecule has 1 heterocycles. The van der Waals surface area contributed by atoms with Gasteiger partial charge in [-0.15, -0.1) is 0 Å². The van der Waals surface area contributed by atoms with E-state index in [1.54, 1.807) is 18.2 Å². The highest BCUT2D eigenvalue weighted by Crippen LogP contribution is 2.30. The number of imide groups is 1. The first-order valence-electron chi connectivity index (χ1n) is 6.22. The number of hydrogen-bond acceptors (Lipinski definition) is 6. The average Bonchev–Trinajstić information content (AvgIpc) is 2.89. The third-order valence-electron chi connectivity index (χ3n) is 2.89. The first-order chi connectivity index (χ1) is 10.0. The molecule has 1 unspecified atom stereocenters. The number of hydrogen-bond donors (Lipinski definition) is 3. The maximum atomic E-state index is 11.7. The molecule has 0 aromatic heterocycles. The fraction of sp³-hybridized carbons (Fsp3) is 0.308. The minimum atomic E-state index is -0.854. The molecule has 8 heteroatoms. The van der Waals surface area contributed by atoms with E-state index in [1.165, 1.54) is 14.0 Å². The van der Waals surface area contributed by atoms with Gasteiger partial charge in [0.1, 0.15) is 23.8 Å². The molecule has 0 spiro atoms. The van der Waals surface area contributed by atoms with E-state index in [0.29, 0.717) is 22.8 Å². The molecular weight excluding hydrogens is 278 g/mol. The predicted octanol–water partition coefficient (Wildman–Crippen LogP) is 0.480. The van der Waals surface area contributed by atoms with E-state index >= 15 is 0 Å². The molecule has 1 aromatic carbocycles. The van der Waals surface area contributed by atoms with Crippen LogP contribution in [-0.2, 0) is 4.79 Å². The van der Waals surface area contributed by atoms with Crippen LogP contribution in [0.5, 0.6) is 11.5 Å². The molecule has 1 aromatic rings. The van der Waals surface area contributed by atoms with Crippen molar-refractivity contribution < 1.29 is 24.3 Å². The Labute approximate surface area is 120 Å². The number of rotatable bonds is 3. The maximum Gasteiger partial charge on any atom is 0.321 e. The summed E-state index contributed by atoms with van der Waals surface area (Å²) in [5.74, 6) is 0.361. The Balaban J connectivity index is 2.04. The number of amides is 3. The molecule has 0 bridgehead atoms. The molecule has 0 aliphatic carbocycles. The van der Waals surface area contributed by atoms with Crippen molar-refractivity contribution >= 4 is 17.6 Å². The Morgan fingerprint density at radius 2 is 2.24 bits per heavy atom. The van der Waals surface area contributed by atoms with Crippen LogP contribution in [0.4, 0.5) is 4.79 Å². The van der Waals surface area contributed by atoms with Crippen LogP contribution in [0.15, 0.2) is 23.4 Å². The number of carbonyl (C=O) groups is 2. The molecule has 1 aliphatic heterocycles. The van der Waals surface area contributed by atoms with Crippen LogP contribution in [0.25, 0.3) is 0 Å². The summed E-state index contributed by atoms with van der Waals surface area (Å²) in [7, 11) is 1.41. The molecule has 21 heavy (non-hydrogen) atoms. The van der Waals surface area contributed by atoms with Crippen molar-refractivity contribution in [3.05, 3.63) is 23.8 Å². The number of nitrogens with zero attached hydrogens (tertiary/aromatic N) is 1. The summed E-state index contributed by atoms with van der Waals surface area (Å²) in [5, 5.41) is 16.3. The fourth-order valence-electron chi connectivity index (χ4n) is 1.77. The zero-order valence-corrected chi connectivity index (χ0v) is 11.5. The van der Waals surface area contributed by atoms with Crippen molar-refractivity contribution in [2.24, 2.45) is 5.16 Å². The lowest BCUT2D eigenvalue weighted by atomic mass is 10.1. The van der Waals surface area contributed by atoms with Crippen molar-refractivity contribution in [2.45, 2.75) is 13.0 Å². The van der Waals surface area contributed by atoms with Gasteiger partial charge in [0.25, 0.3) is 5.91 Å². The summed E-state index contributed by atoms with van der Waals surface area (Å²) < 4.78 is 10.8. The highest BCUT2D eigenvalue weighted by Gasteiger charge is 2.22. The van der Waals surface area contributed by atoms with Crippen LogP contribution in [-0.4, -0.2) is 42.6 Å². The van der Waals surface area contributed by atoms with Crippen molar-refractivity contribution in [3.8, 4) is 11.5 Å². The van der Waals surface area contributed by atoms with E-state index in [2.05, 4.69) is 15.8 Å². The molecule has 1 atom stereocenters. The molecule has 8 nitrogen and oxygen atoms in total. The molecule has 0 saturated carbocycles. The van der Waals surface area contributed by atoms with E-state index in [9.17, 15) is 9.59 Å². The monoisotopic (exact) mass is 293 g/mol. The lowest BCUT2D eigenvalue weighted by Crippen LogP contribution is -2.43. The van der Waals surface area contributed by atoms with Gasteiger partial charge in [0.15, 0.2) is 6.10 Å². The molecule has 0 radical (unpaired) electrons. The Bertz CT molecular complexity index is 599. The van der Waals surface area contributed by atoms with Crippen LogP contribution < -0.4 is 20.1 Å². The quantitative estimate of drug-likeness (QED) is 0.554. The highest BCUT2D eigenvalue weighted by molar-refractivity contribution is 6.06. The smallest absolute Gasteiger partial charge is 0.321 e. The topological polar surface area (TPSA) is 109 Å². The van der Waals surface area contributed by atoms with Crippen LogP contribution in [0.2, 0.25) is 0 Å². The number of benzene rings is 1. The second-order valence-corrected chi connectivity index (χ2v) is 4.32. The molecular formula is C13H15N3O5. The normalized spacial score (nSPS) is 15.8. The summed E-state index contributed by atoms with van der Waals surface area (Å²) in [6, 6.07) is 4.30. The number of urea groups is 1. The lowest BCUT2D eigenvalue weighted by molar-refractivity contribution is -0.126. The number of oxime groups is 1. The Kier molecular flexibility index (Phi) is 4.27. The molecule has 3 N–H and O–H groups in total. The summed E-state index contributed by atoms with van der Waals surface area (Å²) in [6.07, 6.45) is -0.854. The predicted molar refractivity (Wildman–Crippen MR) is 72.9 cm³/mol. The first kappa shape index (κ1) is 14.6. The Morgan fingerprint density at radius 3 is 2.90 bits per heavy atom. The Morgan fingerprint density at radius 1 is 1.48 bits per heavy atom. The van der Waals surface area contributed by atoms with Gasteiger partial charge in [-0.05, 0) is 19.1 Å². The SMILES string of the molecule is CNC(=O)NC(=O)C(C)Oc1ccc2c(c1)OCC2=NO. The lowest BCUT2D eigenvalue weighted by Gasteiger charge is -2.14. The van der Waals surface area contributed by atoms with Gasteiger partial charge < -0.3 is 20.0 Å². The van der Waals surface area contributed by atoms with Crippen LogP contribution in [0, 0.1) is 0 Å². The standard InChI is InChI=1S/C13H15N3O5/c1-7(12(17)15-13(18)14-2)21-8-3-4-9-10(16-19)6-20-11(9)5-8/h3-5,7,19H,6H2,1-2H3,(H2,14,15,17,18). The second-order valence-electron chi connectivity index (χ2n) is 4.32. The van der Waals surface area contributed by atoms with E-state index < -0.39 is 18.0 Å². The van der Waals surface area contributed by atoms with E-state index in [1.807, 2.05) is 0 Å². The van der Waals surface area contributed by atoms with Crippen LogP contribution in [0.1, 0.15) is 12.5 Å². The van der Waals surface area contributed by atoms with Gasteiger partial charge in [-0.2, -0.15) is 0 Å². The van der Waals surface area contributed by atoms with E-state index in [0.717, 1.165) is 0 Å². The van der Waals surface area contributed by atoms with Gasteiger partial charge >= 0.3 is 6.03 Å². The largest absolute Gasteiger partial charge is 0.486 e. The van der Waals surface area contributed by atoms with Crippen molar-refractivity contribution in [3.63, 3.8) is 0 Å². The van der Waals surface area contributed by atoms with Crippen molar-refractivity contribution in [1.82, 2.24) is 10.6 Å². The van der Waals surface area contributed by atoms with Crippen LogP contribution >= 0.6 is 0 Å². The summed E-state index contributed by atoms with van der Waals surface area (Å²) in [5.41, 5.74) is 1.11. The summed E-state index contributed by atoms with van der Waals surface area (Å²) in [6.45, 7) is 1.70. The number of carbonyl (C=O) groups excluding carboxylic acids is 2. The third kappa shape index (κ3) is 3.22. The summed E-state index contributed by atoms with van der Waals surface area (Å²) in [4.78, 5) is 22.7. The molecule has 1 aliphatic rings. The van der Waals surface area contributed by atoms with Gasteiger partial charge in [0, 0.05) is 18.7 Å². The minimum Gasteiger partial charge on any atom is -0.486 e. The van der Waals surface area contributed by atoms with Crippen molar-refractivity contribution in [2.75, 3.05) is 13.7 Å². The highest BCUT2D eigenvalue weighted by atomic mass is 16.5. The molecule has 3 amide bonds. The van der Waals surface area contributed by atoms with Crippen molar-refractivity contribution in [1.29, 1.82) is 0 Å². The molecule has 0 saturated heterocycles. The molecule has 112 valence electrons. The van der Waals surface area contributed by atoms with Gasteiger partial charge in [0.2, 0.25) is 0 Å². The summed E-state index contributed by atoms with van der Waals surface area (Å²) >= 11 is 0. The number of fused-ring (bicyclic) bond motifs is 1. The van der Waals surface area contributed by atoms with Gasteiger partial charge in [0.05, 0.1) is 0 Å². The van der Waals surface area contributed by atoms with Crippen LogP contribution in [0.3, 0.4) is 0 Å². The average molecular weight is 293 g/mol. The van der Waals surface area contributed by atoms with Gasteiger partial charge in [-0.3, -0.25) is 10.1 Å².